The van der Waals surface area contributed by atoms with Crippen LogP contribution in [0.5, 0.6) is 5.75 Å². The molecule has 1 N–H and O–H groups in total. The molecule has 150 valence electrons. The first-order valence-electron chi connectivity index (χ1n) is 9.13. The number of nitrogens with zero attached hydrogens (tertiary/aromatic N) is 1. The van der Waals surface area contributed by atoms with Gasteiger partial charge in [0.25, 0.3) is 0 Å². The van der Waals surface area contributed by atoms with Crippen LogP contribution in [0, 0.1) is 0 Å². The molecule has 0 saturated carbocycles. The Morgan fingerprint density at radius 3 is 2.57 bits per heavy atom. The van der Waals surface area contributed by atoms with Crippen LogP contribution in [0.3, 0.4) is 0 Å². The number of sulfonamides is 1. The molecule has 8 heteroatoms. The Kier molecular flexibility index (Phi) is 6.74. The number of para-hydroxylation sites is 1. The quantitative estimate of drug-likeness (QED) is 0.672. The molecule has 0 aliphatic carbocycles. The Morgan fingerprint density at radius 1 is 1.18 bits per heavy atom. The van der Waals surface area contributed by atoms with Gasteiger partial charge in [-0.2, -0.15) is 4.31 Å². The standard InChI is InChI=1S/C20H23BrN2O4S/c1-27-19-10-9-16(28(25,26)23-12-4-5-13-23)14-15(19)8-11-20(24)22-18-7-3-2-6-17(18)21/h2-3,6-7,9-10,14H,4-5,8,11-13H2,1H3,(H,22,24). The zero-order valence-electron chi connectivity index (χ0n) is 15.7. The minimum absolute atomic E-state index is 0.151. The number of nitrogens with one attached hydrogen (secondary N) is 1. The van der Waals surface area contributed by atoms with Crippen molar-refractivity contribution in [1.82, 2.24) is 4.31 Å². The zero-order chi connectivity index (χ0) is 20.1. The summed E-state index contributed by atoms with van der Waals surface area (Å²) in [5.41, 5.74) is 1.40. The molecule has 1 aliphatic rings. The molecule has 6 nitrogen and oxygen atoms in total. The van der Waals surface area contributed by atoms with E-state index in [4.69, 9.17) is 4.74 Å². The average Bonchev–Trinajstić information content (AvgIpc) is 3.23. The molecule has 0 unspecified atom stereocenters. The third-order valence-corrected chi connectivity index (χ3v) is 7.31. The van der Waals surface area contributed by atoms with E-state index in [0.29, 0.717) is 36.5 Å². The van der Waals surface area contributed by atoms with E-state index in [1.54, 1.807) is 18.2 Å². The Balaban J connectivity index is 1.73. The average molecular weight is 467 g/mol. The normalized spacial score (nSPS) is 14.8. The van der Waals surface area contributed by atoms with Gasteiger partial charge in [0.2, 0.25) is 15.9 Å². The van der Waals surface area contributed by atoms with E-state index in [2.05, 4.69) is 21.2 Å². The Bertz CT molecular complexity index is 956. The largest absolute Gasteiger partial charge is 0.496 e. The third-order valence-electron chi connectivity index (χ3n) is 4.72. The van der Waals surface area contributed by atoms with Crippen molar-refractivity contribution < 1.29 is 17.9 Å². The van der Waals surface area contributed by atoms with E-state index in [9.17, 15) is 13.2 Å². The lowest BCUT2D eigenvalue weighted by molar-refractivity contribution is -0.116. The van der Waals surface area contributed by atoms with Crippen LogP contribution >= 0.6 is 15.9 Å². The van der Waals surface area contributed by atoms with Gasteiger partial charge in [0.1, 0.15) is 5.75 Å². The smallest absolute Gasteiger partial charge is 0.243 e. The second-order valence-corrected chi connectivity index (χ2v) is 9.41. The molecular weight excluding hydrogens is 444 g/mol. The predicted molar refractivity (Wildman–Crippen MR) is 112 cm³/mol. The van der Waals surface area contributed by atoms with Crippen molar-refractivity contribution in [2.75, 3.05) is 25.5 Å². The molecule has 1 saturated heterocycles. The number of carbonyl (C=O) groups is 1. The van der Waals surface area contributed by atoms with Gasteiger partial charge in [-0.05, 0) is 71.1 Å². The molecule has 0 spiro atoms. The Morgan fingerprint density at radius 2 is 1.89 bits per heavy atom. The lowest BCUT2D eigenvalue weighted by Gasteiger charge is -2.17. The number of hydrogen-bond acceptors (Lipinski definition) is 4. The molecule has 3 rings (SSSR count). The number of benzene rings is 2. The maximum Gasteiger partial charge on any atom is 0.243 e. The number of aryl methyl sites for hydroxylation is 1. The molecule has 0 radical (unpaired) electrons. The van der Waals surface area contributed by atoms with Crippen LogP contribution in [-0.4, -0.2) is 38.8 Å². The van der Waals surface area contributed by atoms with E-state index in [0.717, 1.165) is 17.3 Å². The molecule has 2 aromatic carbocycles. The molecule has 28 heavy (non-hydrogen) atoms. The summed E-state index contributed by atoms with van der Waals surface area (Å²) in [5, 5.41) is 2.85. The van der Waals surface area contributed by atoms with Crippen LogP contribution in [0.25, 0.3) is 0 Å². The number of methoxy groups -OCH3 is 1. The van der Waals surface area contributed by atoms with E-state index in [1.165, 1.54) is 11.4 Å². The third kappa shape index (κ3) is 4.74. The highest BCUT2D eigenvalue weighted by atomic mass is 79.9. The summed E-state index contributed by atoms with van der Waals surface area (Å²) in [7, 11) is -1.97. The van der Waals surface area contributed by atoms with Crippen molar-refractivity contribution in [3.05, 3.63) is 52.5 Å². The Hall–Kier alpha value is -1.90. The van der Waals surface area contributed by atoms with E-state index >= 15 is 0 Å². The van der Waals surface area contributed by atoms with Gasteiger partial charge in [-0.15, -0.1) is 0 Å². The number of hydrogen-bond donors (Lipinski definition) is 1. The van der Waals surface area contributed by atoms with Crippen molar-refractivity contribution in [3.8, 4) is 5.75 Å². The van der Waals surface area contributed by atoms with Crippen LogP contribution in [0.15, 0.2) is 51.8 Å². The van der Waals surface area contributed by atoms with Gasteiger partial charge in [-0.3, -0.25) is 4.79 Å². The van der Waals surface area contributed by atoms with Crippen LogP contribution in [-0.2, 0) is 21.2 Å². The molecule has 2 aromatic rings. The van der Waals surface area contributed by atoms with Crippen LogP contribution in [0.4, 0.5) is 5.69 Å². The number of amides is 1. The molecule has 0 atom stereocenters. The first-order valence-corrected chi connectivity index (χ1v) is 11.4. The lowest BCUT2D eigenvalue weighted by atomic mass is 10.1. The highest BCUT2D eigenvalue weighted by Gasteiger charge is 2.27. The minimum Gasteiger partial charge on any atom is -0.496 e. The monoisotopic (exact) mass is 466 g/mol. The fraction of sp³-hybridized carbons (Fsp3) is 0.350. The van der Waals surface area contributed by atoms with Crippen LogP contribution in [0.2, 0.25) is 0 Å². The fourth-order valence-electron chi connectivity index (χ4n) is 3.21. The number of anilines is 1. The van der Waals surface area contributed by atoms with E-state index in [1.807, 2.05) is 24.3 Å². The van der Waals surface area contributed by atoms with Crippen LogP contribution < -0.4 is 10.1 Å². The molecule has 0 bridgehead atoms. The number of ether oxygens (including phenoxy) is 1. The zero-order valence-corrected chi connectivity index (χ0v) is 18.1. The fourth-order valence-corrected chi connectivity index (χ4v) is 5.16. The summed E-state index contributed by atoms with van der Waals surface area (Å²) < 4.78 is 33.3. The summed E-state index contributed by atoms with van der Waals surface area (Å²) in [6.07, 6.45) is 2.36. The van der Waals surface area contributed by atoms with Gasteiger partial charge in [0.05, 0.1) is 17.7 Å². The first kappa shape index (κ1) is 20.8. The summed E-state index contributed by atoms with van der Waals surface area (Å²) in [6.45, 7) is 1.11. The first-order chi connectivity index (χ1) is 13.4. The maximum atomic E-state index is 12.8. The molecule has 1 fully saturated rings. The summed E-state index contributed by atoms with van der Waals surface area (Å²) in [4.78, 5) is 12.6. The van der Waals surface area contributed by atoms with E-state index < -0.39 is 10.0 Å². The second-order valence-electron chi connectivity index (χ2n) is 6.61. The predicted octanol–water partition coefficient (Wildman–Crippen LogP) is 3.81. The maximum absolute atomic E-state index is 12.8. The van der Waals surface area contributed by atoms with Gasteiger partial charge < -0.3 is 10.1 Å². The van der Waals surface area contributed by atoms with Crippen molar-refractivity contribution >= 4 is 37.5 Å². The van der Waals surface area contributed by atoms with E-state index in [-0.39, 0.29) is 17.2 Å². The van der Waals surface area contributed by atoms with Crippen molar-refractivity contribution in [1.29, 1.82) is 0 Å². The lowest BCUT2D eigenvalue weighted by Crippen LogP contribution is -2.28. The van der Waals surface area contributed by atoms with Gasteiger partial charge in [-0.1, -0.05) is 12.1 Å². The highest BCUT2D eigenvalue weighted by molar-refractivity contribution is 9.10. The molecule has 1 amide bonds. The molecular formula is C20H23BrN2O4S. The van der Waals surface area contributed by atoms with Crippen molar-refractivity contribution in [2.45, 2.75) is 30.6 Å². The topological polar surface area (TPSA) is 75.7 Å². The minimum atomic E-state index is -3.51. The van der Waals surface area contributed by atoms with Crippen LogP contribution in [0.1, 0.15) is 24.8 Å². The Labute approximate surface area is 174 Å². The second kappa shape index (κ2) is 9.07. The SMILES string of the molecule is COc1ccc(S(=O)(=O)N2CCCC2)cc1CCC(=O)Nc1ccccc1Br. The summed E-state index contributed by atoms with van der Waals surface area (Å²) in [5.74, 6) is 0.427. The number of halogens is 1. The van der Waals surface area contributed by atoms with Crippen molar-refractivity contribution in [2.24, 2.45) is 0 Å². The van der Waals surface area contributed by atoms with Gasteiger partial charge in [0.15, 0.2) is 0 Å². The summed E-state index contributed by atoms with van der Waals surface area (Å²) >= 11 is 3.40. The number of rotatable bonds is 7. The van der Waals surface area contributed by atoms with Gasteiger partial charge in [0, 0.05) is 24.0 Å². The molecule has 1 heterocycles. The number of carbonyl (C=O) groups excluding carboxylic acids is 1. The van der Waals surface area contributed by atoms with Gasteiger partial charge in [-0.25, -0.2) is 8.42 Å². The van der Waals surface area contributed by atoms with Gasteiger partial charge >= 0.3 is 0 Å². The highest BCUT2D eigenvalue weighted by Crippen LogP contribution is 2.28. The van der Waals surface area contributed by atoms with Crippen molar-refractivity contribution in [3.63, 3.8) is 0 Å². The molecule has 1 aliphatic heterocycles. The summed E-state index contributed by atoms with van der Waals surface area (Å²) in [6, 6.07) is 12.2. The molecule has 0 aromatic heterocycles.